The van der Waals surface area contributed by atoms with E-state index in [2.05, 4.69) is 30.3 Å². The van der Waals surface area contributed by atoms with Crippen LogP contribution < -0.4 is 10.2 Å². The molecule has 0 radical (unpaired) electrons. The van der Waals surface area contributed by atoms with Gasteiger partial charge in [-0.3, -0.25) is 0 Å². The fourth-order valence-electron chi connectivity index (χ4n) is 3.15. The predicted molar refractivity (Wildman–Crippen MR) is 104 cm³/mol. The number of thiocarbonyl (C=S) groups is 1. The summed E-state index contributed by atoms with van der Waals surface area (Å²) < 4.78 is 0. The zero-order valence-corrected chi connectivity index (χ0v) is 16.1. The maximum absolute atomic E-state index is 6.28. The van der Waals surface area contributed by atoms with Gasteiger partial charge in [-0.05, 0) is 43.3 Å². The van der Waals surface area contributed by atoms with Gasteiger partial charge >= 0.3 is 0 Å². The van der Waals surface area contributed by atoms with Crippen molar-refractivity contribution in [3.8, 4) is 0 Å². The number of hydrogen-bond acceptors (Lipinski definition) is 1. The number of nitrogens with one attached hydrogen (secondary N) is 2. The van der Waals surface area contributed by atoms with E-state index in [-0.39, 0.29) is 0 Å². The molecule has 0 aromatic heterocycles. The molecule has 128 valence electrons. The Morgan fingerprint density at radius 3 is 2.70 bits per heavy atom. The van der Waals surface area contributed by atoms with Gasteiger partial charge in [0, 0.05) is 25.9 Å². The number of anilines is 1. The van der Waals surface area contributed by atoms with Crippen LogP contribution in [-0.2, 0) is 0 Å². The van der Waals surface area contributed by atoms with Crippen LogP contribution >= 0.6 is 23.8 Å². The van der Waals surface area contributed by atoms with Crippen molar-refractivity contribution < 1.29 is 4.90 Å². The Morgan fingerprint density at radius 2 is 2.09 bits per heavy atom. The molecular weight excluding hydrogens is 326 g/mol. The molecule has 3 nitrogen and oxygen atoms in total. The van der Waals surface area contributed by atoms with Crippen molar-refractivity contribution in [2.45, 2.75) is 45.6 Å². The molecule has 0 bridgehead atoms. The van der Waals surface area contributed by atoms with Crippen LogP contribution in [0.5, 0.6) is 0 Å². The first kappa shape index (κ1) is 18.5. The first-order valence-corrected chi connectivity index (χ1v) is 9.44. The van der Waals surface area contributed by atoms with Gasteiger partial charge in [0.25, 0.3) is 0 Å². The Balaban J connectivity index is 1.83. The summed E-state index contributed by atoms with van der Waals surface area (Å²) in [5.74, 6) is 0. The molecule has 1 aliphatic heterocycles. The number of aryl methyl sites for hydroxylation is 1. The van der Waals surface area contributed by atoms with Crippen LogP contribution in [0.2, 0.25) is 5.02 Å². The molecule has 1 aliphatic rings. The molecular formula is C18H29ClN3S+. The molecule has 2 rings (SSSR count). The summed E-state index contributed by atoms with van der Waals surface area (Å²) in [5.41, 5.74) is 2.06. The molecule has 23 heavy (non-hydrogen) atoms. The van der Waals surface area contributed by atoms with Gasteiger partial charge in [0.1, 0.15) is 0 Å². The summed E-state index contributed by atoms with van der Waals surface area (Å²) in [6.07, 6.45) is 5.01. The smallest absolute Gasteiger partial charge is 0.173 e. The Kier molecular flexibility index (Phi) is 7.12. The van der Waals surface area contributed by atoms with E-state index < -0.39 is 0 Å². The summed E-state index contributed by atoms with van der Waals surface area (Å²) >= 11 is 11.9. The van der Waals surface area contributed by atoms with E-state index in [9.17, 15) is 0 Å². The monoisotopic (exact) mass is 354 g/mol. The highest BCUT2D eigenvalue weighted by Crippen LogP contribution is 2.23. The minimum atomic E-state index is 0.728. The molecule has 5 heteroatoms. The van der Waals surface area contributed by atoms with Crippen molar-refractivity contribution in [3.63, 3.8) is 0 Å². The number of hydrogen-bond donors (Lipinski definition) is 2. The molecule has 0 saturated carbocycles. The summed E-state index contributed by atoms with van der Waals surface area (Å²) in [5, 5.41) is 4.82. The second kappa shape index (κ2) is 8.86. The van der Waals surface area contributed by atoms with Crippen LogP contribution in [0.15, 0.2) is 18.2 Å². The Bertz CT molecular complexity index is 527. The van der Waals surface area contributed by atoms with Gasteiger partial charge in [0.15, 0.2) is 5.11 Å². The maximum atomic E-state index is 6.28. The number of quaternary nitrogens is 1. The third kappa shape index (κ3) is 5.33. The minimum Gasteiger partial charge on any atom is -0.349 e. The van der Waals surface area contributed by atoms with Crippen LogP contribution in [0.4, 0.5) is 5.69 Å². The normalized spacial score (nSPS) is 17.1. The number of unbranched alkanes of at least 4 members (excludes halogenated alkanes) is 1. The lowest BCUT2D eigenvalue weighted by Gasteiger charge is -2.36. The fourth-order valence-corrected chi connectivity index (χ4v) is 3.73. The van der Waals surface area contributed by atoms with E-state index in [0.717, 1.165) is 40.5 Å². The Labute approximate surface area is 151 Å². The molecule has 0 amide bonds. The lowest BCUT2D eigenvalue weighted by atomic mass is 10.0. The van der Waals surface area contributed by atoms with Crippen molar-refractivity contribution in [2.24, 2.45) is 0 Å². The van der Waals surface area contributed by atoms with Crippen molar-refractivity contribution >= 4 is 34.6 Å². The van der Waals surface area contributed by atoms with E-state index in [0.29, 0.717) is 0 Å². The third-order valence-corrected chi connectivity index (χ3v) is 5.44. The largest absolute Gasteiger partial charge is 0.349 e. The van der Waals surface area contributed by atoms with Gasteiger partial charge in [-0.15, -0.1) is 0 Å². The highest BCUT2D eigenvalue weighted by atomic mass is 35.5. The lowest BCUT2D eigenvalue weighted by molar-refractivity contribution is -0.907. The first-order valence-electron chi connectivity index (χ1n) is 8.65. The van der Waals surface area contributed by atoms with Gasteiger partial charge in [-0.1, -0.05) is 31.0 Å². The zero-order valence-electron chi connectivity index (χ0n) is 14.5. The summed E-state index contributed by atoms with van der Waals surface area (Å²) in [4.78, 5) is 3.95. The van der Waals surface area contributed by atoms with Crippen LogP contribution in [0.25, 0.3) is 0 Å². The molecule has 1 heterocycles. The van der Waals surface area contributed by atoms with E-state index in [1.54, 1.807) is 4.90 Å². The number of halogens is 1. The molecule has 1 unspecified atom stereocenters. The third-order valence-electron chi connectivity index (χ3n) is 4.77. The number of rotatable bonds is 5. The summed E-state index contributed by atoms with van der Waals surface area (Å²) in [7, 11) is 2.33. The second-order valence-electron chi connectivity index (χ2n) is 6.62. The molecule has 0 aliphatic carbocycles. The van der Waals surface area contributed by atoms with Gasteiger partial charge < -0.3 is 15.1 Å². The van der Waals surface area contributed by atoms with Crippen LogP contribution in [0.1, 0.15) is 38.2 Å². The van der Waals surface area contributed by atoms with Crippen LogP contribution in [0.3, 0.4) is 0 Å². The molecule has 1 atom stereocenters. The van der Waals surface area contributed by atoms with E-state index >= 15 is 0 Å². The number of piperidine rings is 1. The average molecular weight is 355 g/mol. The number of likely N-dealkylation sites (tertiary alicyclic amines) is 1. The second-order valence-corrected chi connectivity index (χ2v) is 7.42. The predicted octanol–water partition coefficient (Wildman–Crippen LogP) is 3.12. The van der Waals surface area contributed by atoms with Crippen molar-refractivity contribution in [1.29, 1.82) is 0 Å². The summed E-state index contributed by atoms with van der Waals surface area (Å²) in [6, 6.07) is 6.78. The highest BCUT2D eigenvalue weighted by molar-refractivity contribution is 7.80. The van der Waals surface area contributed by atoms with Crippen molar-refractivity contribution in [2.75, 3.05) is 32.0 Å². The quantitative estimate of drug-likeness (QED) is 0.793. The Morgan fingerprint density at radius 1 is 1.39 bits per heavy atom. The van der Waals surface area contributed by atoms with Gasteiger partial charge in [0.05, 0.1) is 30.3 Å². The summed E-state index contributed by atoms with van der Waals surface area (Å²) in [6.45, 7) is 7.64. The van der Waals surface area contributed by atoms with E-state index in [1.165, 1.54) is 32.2 Å². The minimum absolute atomic E-state index is 0.728. The van der Waals surface area contributed by atoms with Gasteiger partial charge in [-0.2, -0.15) is 0 Å². The molecule has 1 aromatic carbocycles. The topological polar surface area (TPSA) is 19.7 Å². The van der Waals surface area contributed by atoms with E-state index in [1.807, 2.05) is 19.1 Å². The highest BCUT2D eigenvalue weighted by Gasteiger charge is 2.26. The lowest BCUT2D eigenvalue weighted by Crippen LogP contribution is -3.13. The van der Waals surface area contributed by atoms with Gasteiger partial charge in [-0.25, -0.2) is 0 Å². The first-order chi connectivity index (χ1) is 11.0. The molecule has 1 saturated heterocycles. The fraction of sp³-hybridized carbons (Fsp3) is 0.611. The maximum Gasteiger partial charge on any atom is 0.173 e. The Hall–Kier alpha value is -0.840. The molecule has 1 fully saturated rings. The van der Waals surface area contributed by atoms with Crippen molar-refractivity contribution in [1.82, 2.24) is 4.90 Å². The number of nitrogens with zero attached hydrogens (tertiary/aromatic N) is 1. The van der Waals surface area contributed by atoms with Crippen molar-refractivity contribution in [3.05, 3.63) is 28.8 Å². The standard InChI is InChI=1S/C18H28ClN3S/c1-4-5-10-21(3)15-8-11-22(12-9-15)18(23)20-17-7-6-14(2)13-16(17)19/h6-7,13,15H,4-5,8-12H2,1-3H3,(H,20,23)/p+1. The van der Waals surface area contributed by atoms with Gasteiger partial charge in [0.2, 0.25) is 0 Å². The van der Waals surface area contributed by atoms with Crippen LogP contribution in [-0.4, -0.2) is 42.7 Å². The SMILES string of the molecule is CCCC[NH+](C)C1CCN(C(=S)Nc2ccc(C)cc2Cl)CC1. The van der Waals surface area contributed by atoms with Crippen LogP contribution in [0, 0.1) is 6.92 Å². The zero-order chi connectivity index (χ0) is 16.8. The number of benzene rings is 1. The molecule has 1 aromatic rings. The average Bonchev–Trinajstić information content (AvgIpc) is 2.55. The molecule has 0 spiro atoms. The van der Waals surface area contributed by atoms with E-state index in [4.69, 9.17) is 23.8 Å². The molecule has 2 N–H and O–H groups in total.